The van der Waals surface area contributed by atoms with Crippen LogP contribution in [0, 0.1) is 5.92 Å². The molecule has 0 aromatic carbocycles. The van der Waals surface area contributed by atoms with E-state index in [1.165, 1.54) is 19.3 Å². The summed E-state index contributed by atoms with van der Waals surface area (Å²) >= 11 is 0. The van der Waals surface area contributed by atoms with Crippen molar-refractivity contribution in [2.75, 3.05) is 6.61 Å². The van der Waals surface area contributed by atoms with Crippen molar-refractivity contribution in [3.8, 4) is 0 Å². The van der Waals surface area contributed by atoms with E-state index in [1.807, 2.05) is 6.92 Å². The molecule has 0 aliphatic heterocycles. The van der Waals surface area contributed by atoms with Gasteiger partial charge in [0.15, 0.2) is 0 Å². The molecule has 13 heavy (non-hydrogen) atoms. The highest BCUT2D eigenvalue weighted by molar-refractivity contribution is 5.69. The zero-order chi connectivity index (χ0) is 10.1. The monoisotopic (exact) mass is 186 g/mol. The number of esters is 1. The first-order valence-corrected chi connectivity index (χ1v) is 5.36. The van der Waals surface area contributed by atoms with Crippen LogP contribution in [-0.4, -0.2) is 12.6 Å². The molecular weight excluding hydrogens is 164 g/mol. The van der Waals surface area contributed by atoms with Crippen molar-refractivity contribution in [1.29, 1.82) is 0 Å². The van der Waals surface area contributed by atoms with Gasteiger partial charge in [0.25, 0.3) is 0 Å². The highest BCUT2D eigenvalue weighted by Crippen LogP contribution is 2.13. The Balaban J connectivity index is 3.34. The van der Waals surface area contributed by atoms with E-state index >= 15 is 0 Å². The Hall–Kier alpha value is -0.530. The molecule has 0 heterocycles. The van der Waals surface area contributed by atoms with Crippen LogP contribution in [0.1, 0.15) is 52.9 Å². The normalized spacial score (nSPS) is 12.5. The van der Waals surface area contributed by atoms with E-state index < -0.39 is 0 Å². The van der Waals surface area contributed by atoms with Gasteiger partial charge in [-0.3, -0.25) is 4.79 Å². The zero-order valence-corrected chi connectivity index (χ0v) is 9.14. The van der Waals surface area contributed by atoms with Crippen LogP contribution in [0.25, 0.3) is 0 Å². The summed E-state index contributed by atoms with van der Waals surface area (Å²) in [4.78, 5) is 11.0. The van der Waals surface area contributed by atoms with Gasteiger partial charge >= 0.3 is 5.97 Å². The molecule has 0 unspecified atom stereocenters. The first kappa shape index (κ1) is 12.5. The lowest BCUT2D eigenvalue weighted by Gasteiger charge is -2.09. The molecule has 2 nitrogen and oxygen atoms in total. The van der Waals surface area contributed by atoms with Crippen LogP contribution in [0.5, 0.6) is 0 Å². The molecule has 0 amide bonds. The Kier molecular flexibility index (Phi) is 7.76. The fourth-order valence-corrected chi connectivity index (χ4v) is 1.29. The third-order valence-corrected chi connectivity index (χ3v) is 2.20. The van der Waals surface area contributed by atoms with Gasteiger partial charge in [0.1, 0.15) is 0 Å². The Bertz CT molecular complexity index is 132. The molecule has 0 N–H and O–H groups in total. The van der Waals surface area contributed by atoms with Crippen molar-refractivity contribution in [2.24, 2.45) is 5.92 Å². The van der Waals surface area contributed by atoms with Gasteiger partial charge in [-0.2, -0.15) is 0 Å². The van der Waals surface area contributed by atoms with E-state index in [-0.39, 0.29) is 5.97 Å². The predicted molar refractivity (Wildman–Crippen MR) is 54.6 cm³/mol. The summed E-state index contributed by atoms with van der Waals surface area (Å²) in [7, 11) is 0. The second kappa shape index (κ2) is 8.09. The van der Waals surface area contributed by atoms with Gasteiger partial charge in [0.05, 0.1) is 6.61 Å². The first-order chi connectivity index (χ1) is 6.20. The van der Waals surface area contributed by atoms with Crippen LogP contribution >= 0.6 is 0 Å². The second-order valence-electron chi connectivity index (χ2n) is 3.59. The van der Waals surface area contributed by atoms with Crippen molar-refractivity contribution in [2.45, 2.75) is 52.9 Å². The fourth-order valence-electron chi connectivity index (χ4n) is 1.29. The minimum Gasteiger partial charge on any atom is -0.466 e. The number of hydrogen-bond donors (Lipinski definition) is 0. The Morgan fingerprint density at radius 3 is 2.54 bits per heavy atom. The van der Waals surface area contributed by atoms with Crippen LogP contribution in [-0.2, 0) is 9.53 Å². The Morgan fingerprint density at radius 2 is 2.00 bits per heavy atom. The SMILES string of the molecule is CCCC[C@@H](C)CCC(=O)OCC. The average Bonchev–Trinajstić information content (AvgIpc) is 2.12. The quantitative estimate of drug-likeness (QED) is 0.571. The van der Waals surface area contributed by atoms with Crippen molar-refractivity contribution in [3.05, 3.63) is 0 Å². The molecule has 78 valence electrons. The van der Waals surface area contributed by atoms with E-state index in [0.29, 0.717) is 18.9 Å². The summed E-state index contributed by atoms with van der Waals surface area (Å²) in [5.41, 5.74) is 0. The van der Waals surface area contributed by atoms with Crippen LogP contribution in [0.2, 0.25) is 0 Å². The van der Waals surface area contributed by atoms with E-state index in [4.69, 9.17) is 4.74 Å². The Labute approximate surface area is 81.7 Å². The fraction of sp³-hybridized carbons (Fsp3) is 0.909. The number of rotatable bonds is 7. The maximum absolute atomic E-state index is 11.0. The number of hydrogen-bond acceptors (Lipinski definition) is 2. The van der Waals surface area contributed by atoms with E-state index in [1.54, 1.807) is 0 Å². The number of ether oxygens (including phenoxy) is 1. The number of carbonyl (C=O) groups excluding carboxylic acids is 1. The summed E-state index contributed by atoms with van der Waals surface area (Å²) in [5, 5.41) is 0. The molecule has 0 bridgehead atoms. The van der Waals surface area contributed by atoms with Gasteiger partial charge in [-0.1, -0.05) is 33.1 Å². The van der Waals surface area contributed by atoms with Gasteiger partial charge in [-0.05, 0) is 19.3 Å². The van der Waals surface area contributed by atoms with Crippen molar-refractivity contribution in [1.82, 2.24) is 0 Å². The molecule has 0 aliphatic carbocycles. The van der Waals surface area contributed by atoms with Crippen LogP contribution < -0.4 is 0 Å². The highest BCUT2D eigenvalue weighted by atomic mass is 16.5. The smallest absolute Gasteiger partial charge is 0.305 e. The first-order valence-electron chi connectivity index (χ1n) is 5.36. The van der Waals surface area contributed by atoms with E-state index in [2.05, 4.69) is 13.8 Å². The number of carbonyl (C=O) groups is 1. The third-order valence-electron chi connectivity index (χ3n) is 2.20. The topological polar surface area (TPSA) is 26.3 Å². The average molecular weight is 186 g/mol. The molecule has 0 radical (unpaired) electrons. The van der Waals surface area contributed by atoms with Crippen molar-refractivity contribution < 1.29 is 9.53 Å². The summed E-state index contributed by atoms with van der Waals surface area (Å²) < 4.78 is 4.86. The summed E-state index contributed by atoms with van der Waals surface area (Å²) in [6.07, 6.45) is 5.29. The molecule has 0 rings (SSSR count). The van der Waals surface area contributed by atoms with E-state index in [9.17, 15) is 4.79 Å². The van der Waals surface area contributed by atoms with Crippen molar-refractivity contribution >= 4 is 5.97 Å². The van der Waals surface area contributed by atoms with Gasteiger partial charge in [0, 0.05) is 6.42 Å². The largest absolute Gasteiger partial charge is 0.466 e. The molecule has 0 fully saturated rings. The molecule has 0 aliphatic rings. The van der Waals surface area contributed by atoms with Crippen LogP contribution in [0.4, 0.5) is 0 Å². The third kappa shape index (κ3) is 7.82. The summed E-state index contributed by atoms with van der Waals surface area (Å²) in [6, 6.07) is 0. The van der Waals surface area contributed by atoms with Gasteiger partial charge in [-0.15, -0.1) is 0 Å². The Morgan fingerprint density at radius 1 is 1.31 bits per heavy atom. The minimum atomic E-state index is -0.0501. The lowest BCUT2D eigenvalue weighted by atomic mass is 9.99. The molecule has 0 aromatic rings. The molecule has 1 atom stereocenters. The molecule has 0 saturated heterocycles. The molecular formula is C11H22O2. The standard InChI is InChI=1S/C11H22O2/c1-4-6-7-10(3)8-9-11(12)13-5-2/h10H,4-9H2,1-3H3/t10-/m1/s1. The van der Waals surface area contributed by atoms with Crippen LogP contribution in [0.3, 0.4) is 0 Å². The predicted octanol–water partition coefficient (Wildman–Crippen LogP) is 3.16. The summed E-state index contributed by atoms with van der Waals surface area (Å²) in [6.45, 7) is 6.74. The van der Waals surface area contributed by atoms with Gasteiger partial charge in [0.2, 0.25) is 0 Å². The second-order valence-corrected chi connectivity index (χ2v) is 3.59. The number of unbranched alkanes of at least 4 members (excludes halogenated alkanes) is 1. The zero-order valence-electron chi connectivity index (χ0n) is 9.14. The van der Waals surface area contributed by atoms with Gasteiger partial charge < -0.3 is 4.74 Å². The highest BCUT2D eigenvalue weighted by Gasteiger charge is 2.06. The van der Waals surface area contributed by atoms with E-state index in [0.717, 1.165) is 6.42 Å². The molecule has 0 aromatic heterocycles. The van der Waals surface area contributed by atoms with Crippen LogP contribution in [0.15, 0.2) is 0 Å². The minimum absolute atomic E-state index is 0.0501. The summed E-state index contributed by atoms with van der Waals surface area (Å²) in [5.74, 6) is 0.607. The van der Waals surface area contributed by atoms with Gasteiger partial charge in [-0.25, -0.2) is 0 Å². The molecule has 2 heteroatoms. The molecule has 0 spiro atoms. The maximum Gasteiger partial charge on any atom is 0.305 e. The lowest BCUT2D eigenvalue weighted by Crippen LogP contribution is -2.06. The maximum atomic E-state index is 11.0. The molecule has 0 saturated carbocycles. The van der Waals surface area contributed by atoms with Crippen molar-refractivity contribution in [3.63, 3.8) is 0 Å². The lowest BCUT2D eigenvalue weighted by molar-refractivity contribution is -0.143.